The fourth-order valence-corrected chi connectivity index (χ4v) is 3.50. The highest BCUT2D eigenvalue weighted by Crippen LogP contribution is 2.29. The maximum atomic E-state index is 12.7. The molecule has 0 aliphatic carbocycles. The number of alkyl halides is 3. The van der Waals surface area contributed by atoms with Crippen LogP contribution in [0.4, 0.5) is 18.9 Å². The second kappa shape index (κ2) is 7.53. The first-order valence-electron chi connectivity index (χ1n) is 7.57. The quantitative estimate of drug-likeness (QED) is 0.706. The van der Waals surface area contributed by atoms with Crippen molar-refractivity contribution in [3.05, 3.63) is 58.1 Å². The second-order valence-electron chi connectivity index (χ2n) is 5.70. The van der Waals surface area contributed by atoms with E-state index in [1.54, 1.807) is 12.1 Å². The molecule has 0 radical (unpaired) electrons. The number of nitrogens with one attached hydrogen (secondary N) is 1. The summed E-state index contributed by atoms with van der Waals surface area (Å²) in [4.78, 5) is 14.0. The predicted molar refractivity (Wildman–Crippen MR) is 100 cm³/mol. The lowest BCUT2D eigenvalue weighted by atomic mass is 10.1. The van der Waals surface area contributed by atoms with Crippen molar-refractivity contribution in [3.8, 4) is 5.75 Å². The van der Waals surface area contributed by atoms with Crippen molar-refractivity contribution in [2.45, 2.75) is 18.8 Å². The summed E-state index contributed by atoms with van der Waals surface area (Å²) in [5, 5.41) is 3.81. The Kier molecular flexibility index (Phi) is 5.50. The summed E-state index contributed by atoms with van der Waals surface area (Å²) in [5.74, 6) is -0.642. The van der Waals surface area contributed by atoms with Gasteiger partial charge in [-0.3, -0.25) is 9.69 Å². The Balaban J connectivity index is 1.73. The molecular formula is C17H11Cl2F3N2O2S. The molecule has 1 amide bonds. The predicted octanol–water partition coefficient (Wildman–Crippen LogP) is 4.72. The van der Waals surface area contributed by atoms with Crippen molar-refractivity contribution in [2.24, 2.45) is 0 Å². The molecule has 4 nitrogen and oxygen atoms in total. The molecule has 1 heterocycles. The Labute approximate surface area is 167 Å². The van der Waals surface area contributed by atoms with E-state index in [0.29, 0.717) is 21.3 Å². The molecular weight excluding hydrogens is 424 g/mol. The van der Waals surface area contributed by atoms with E-state index in [4.69, 9.17) is 35.4 Å². The molecule has 142 valence electrons. The summed E-state index contributed by atoms with van der Waals surface area (Å²) >= 11 is 17.2. The van der Waals surface area contributed by atoms with E-state index < -0.39 is 12.4 Å². The molecule has 1 aliphatic heterocycles. The minimum atomic E-state index is -4.75. The van der Waals surface area contributed by atoms with Gasteiger partial charge in [0.1, 0.15) is 11.8 Å². The van der Waals surface area contributed by atoms with Gasteiger partial charge in [-0.05, 0) is 48.1 Å². The number of carbonyl (C=O) groups is 1. The van der Waals surface area contributed by atoms with E-state index >= 15 is 0 Å². The van der Waals surface area contributed by atoms with Gasteiger partial charge in [0.15, 0.2) is 5.11 Å². The normalized spacial score (nSPS) is 17.2. The van der Waals surface area contributed by atoms with E-state index in [-0.39, 0.29) is 23.2 Å². The molecule has 0 spiro atoms. The maximum Gasteiger partial charge on any atom is 0.573 e. The van der Waals surface area contributed by atoms with Gasteiger partial charge in [-0.15, -0.1) is 13.2 Å². The molecule has 1 saturated heterocycles. The molecule has 1 N–H and O–H groups in total. The Morgan fingerprint density at radius 1 is 1.11 bits per heavy atom. The van der Waals surface area contributed by atoms with E-state index in [1.807, 2.05) is 0 Å². The molecule has 1 aliphatic rings. The largest absolute Gasteiger partial charge is 0.573 e. The topological polar surface area (TPSA) is 41.6 Å². The lowest BCUT2D eigenvalue weighted by molar-refractivity contribution is -0.274. The van der Waals surface area contributed by atoms with Crippen molar-refractivity contribution >= 4 is 52.1 Å². The van der Waals surface area contributed by atoms with Crippen LogP contribution in [0.2, 0.25) is 10.0 Å². The number of halogens is 5. The van der Waals surface area contributed by atoms with Crippen LogP contribution >= 0.6 is 35.4 Å². The van der Waals surface area contributed by atoms with Crippen LogP contribution in [0, 0.1) is 0 Å². The molecule has 27 heavy (non-hydrogen) atoms. The molecule has 0 saturated carbocycles. The molecule has 3 rings (SSSR count). The van der Waals surface area contributed by atoms with Crippen molar-refractivity contribution in [2.75, 3.05) is 4.90 Å². The molecule has 0 bridgehead atoms. The first-order valence-corrected chi connectivity index (χ1v) is 8.74. The zero-order valence-corrected chi connectivity index (χ0v) is 15.7. The lowest BCUT2D eigenvalue weighted by Gasteiger charge is -2.15. The van der Waals surface area contributed by atoms with Crippen molar-refractivity contribution in [1.29, 1.82) is 0 Å². The van der Waals surface area contributed by atoms with Gasteiger partial charge in [0, 0.05) is 16.5 Å². The van der Waals surface area contributed by atoms with Gasteiger partial charge in [0.05, 0.1) is 5.69 Å². The average Bonchev–Trinajstić information content (AvgIpc) is 2.81. The van der Waals surface area contributed by atoms with Crippen LogP contribution in [-0.2, 0) is 11.2 Å². The number of hydrogen-bond donors (Lipinski definition) is 1. The Hall–Kier alpha value is -2.03. The van der Waals surface area contributed by atoms with Gasteiger partial charge in [-0.25, -0.2) is 0 Å². The molecule has 0 aromatic heterocycles. The highest BCUT2D eigenvalue weighted by Gasteiger charge is 2.36. The minimum absolute atomic E-state index is 0.195. The zero-order valence-electron chi connectivity index (χ0n) is 13.4. The Bertz CT molecular complexity index is 870. The average molecular weight is 435 g/mol. The first kappa shape index (κ1) is 19.7. The van der Waals surface area contributed by atoms with Crippen molar-refractivity contribution < 1.29 is 22.7 Å². The zero-order chi connectivity index (χ0) is 19.8. The van der Waals surface area contributed by atoms with E-state index in [2.05, 4.69) is 10.1 Å². The third-order valence-electron chi connectivity index (χ3n) is 3.72. The molecule has 10 heteroatoms. The number of hydrogen-bond acceptors (Lipinski definition) is 3. The fraction of sp³-hybridized carbons (Fsp3) is 0.176. The van der Waals surface area contributed by atoms with Crippen LogP contribution in [-0.4, -0.2) is 23.4 Å². The van der Waals surface area contributed by atoms with E-state index in [1.165, 1.54) is 35.2 Å². The van der Waals surface area contributed by atoms with Crippen LogP contribution in [0.5, 0.6) is 5.75 Å². The number of anilines is 1. The van der Waals surface area contributed by atoms with Crippen molar-refractivity contribution in [3.63, 3.8) is 0 Å². The summed E-state index contributed by atoms with van der Waals surface area (Å²) < 4.78 is 40.5. The van der Waals surface area contributed by atoms with Gasteiger partial charge in [0.25, 0.3) is 5.91 Å². The maximum absolute atomic E-state index is 12.7. The van der Waals surface area contributed by atoms with Gasteiger partial charge >= 0.3 is 6.36 Å². The number of ether oxygens (including phenoxy) is 1. The van der Waals surface area contributed by atoms with Crippen LogP contribution in [0.25, 0.3) is 0 Å². The van der Waals surface area contributed by atoms with Gasteiger partial charge < -0.3 is 10.1 Å². The number of nitrogens with zero attached hydrogens (tertiary/aromatic N) is 1. The van der Waals surface area contributed by atoms with Gasteiger partial charge in [-0.1, -0.05) is 35.3 Å². The monoisotopic (exact) mass is 434 g/mol. The summed E-state index contributed by atoms with van der Waals surface area (Å²) in [6.45, 7) is 0. The lowest BCUT2D eigenvalue weighted by Crippen LogP contribution is -2.32. The molecule has 2 aromatic rings. The van der Waals surface area contributed by atoms with E-state index in [9.17, 15) is 18.0 Å². The van der Waals surface area contributed by atoms with Gasteiger partial charge in [0.2, 0.25) is 0 Å². The molecule has 1 fully saturated rings. The SMILES string of the molecule is O=C1C(Cc2ccc(OC(F)(F)F)cc2)NC(=S)N1c1cc(Cl)cc(Cl)c1. The first-order chi connectivity index (χ1) is 12.6. The number of thiocarbonyl (C=S) groups is 1. The van der Waals surface area contributed by atoms with Crippen LogP contribution in [0.15, 0.2) is 42.5 Å². The highest BCUT2D eigenvalue weighted by molar-refractivity contribution is 7.80. The summed E-state index contributed by atoms with van der Waals surface area (Å²) in [5.41, 5.74) is 1.08. The van der Waals surface area contributed by atoms with Crippen LogP contribution in [0.1, 0.15) is 5.56 Å². The smallest absolute Gasteiger partial charge is 0.406 e. The number of rotatable bonds is 4. The molecule has 2 aromatic carbocycles. The molecule has 1 atom stereocenters. The fourth-order valence-electron chi connectivity index (χ4n) is 2.65. The van der Waals surface area contributed by atoms with Crippen molar-refractivity contribution in [1.82, 2.24) is 5.32 Å². The van der Waals surface area contributed by atoms with E-state index in [0.717, 1.165) is 0 Å². The van der Waals surface area contributed by atoms with Crippen LogP contribution < -0.4 is 15.0 Å². The Morgan fingerprint density at radius 3 is 2.26 bits per heavy atom. The number of benzene rings is 2. The summed E-state index contributed by atoms with van der Waals surface area (Å²) in [6, 6.07) is 9.28. The minimum Gasteiger partial charge on any atom is -0.406 e. The second-order valence-corrected chi connectivity index (χ2v) is 6.96. The summed E-state index contributed by atoms with van der Waals surface area (Å²) in [7, 11) is 0. The standard InChI is InChI=1S/C17H11Cl2F3N2O2S/c18-10-6-11(19)8-12(7-10)24-15(25)14(23-16(24)27)5-9-1-3-13(4-2-9)26-17(20,21)22/h1-4,6-8,14H,5H2,(H,23,27). The number of amides is 1. The highest BCUT2D eigenvalue weighted by atomic mass is 35.5. The Morgan fingerprint density at radius 2 is 1.70 bits per heavy atom. The third-order valence-corrected chi connectivity index (χ3v) is 4.46. The third kappa shape index (κ3) is 4.82. The van der Waals surface area contributed by atoms with Gasteiger partial charge in [-0.2, -0.15) is 0 Å². The summed E-state index contributed by atoms with van der Waals surface area (Å²) in [6.07, 6.45) is -4.52. The number of carbonyl (C=O) groups excluding carboxylic acids is 1. The van der Waals surface area contributed by atoms with Crippen LogP contribution in [0.3, 0.4) is 0 Å². The molecule has 1 unspecified atom stereocenters.